The van der Waals surface area contributed by atoms with E-state index in [1.807, 2.05) is 0 Å². The van der Waals surface area contributed by atoms with Crippen LogP contribution in [-0.4, -0.2) is 30.4 Å². The minimum Gasteiger partial charge on any atom is -0.361 e. The minimum absolute atomic E-state index is 0.0851. The van der Waals surface area contributed by atoms with Gasteiger partial charge in [-0.05, 0) is 23.6 Å². The Morgan fingerprint density at radius 1 is 1.41 bits per heavy atom. The molecule has 3 nitrogen and oxygen atoms in total. The van der Waals surface area contributed by atoms with Gasteiger partial charge in [0.05, 0.1) is 19.5 Å². The zero-order valence-electron chi connectivity index (χ0n) is 13.3. The molecule has 0 spiro atoms. The number of Topliss-reactive ketones (excluding diaryl/α,β-unsaturated/α-hetero) is 1. The van der Waals surface area contributed by atoms with Gasteiger partial charge in [0.25, 0.3) is 0 Å². The third kappa shape index (κ3) is 1.96. The SMILES string of the molecule is CCCC(=O)[C@@H]1C=C2c3cccc4[nH]cc(c34)C[C@H]2[NH+](C)C1. The van der Waals surface area contributed by atoms with Gasteiger partial charge in [-0.2, -0.15) is 0 Å². The monoisotopic (exact) mass is 295 g/mol. The van der Waals surface area contributed by atoms with Crippen LogP contribution in [0.25, 0.3) is 16.5 Å². The van der Waals surface area contributed by atoms with E-state index in [2.05, 4.69) is 49.4 Å². The first-order chi connectivity index (χ1) is 10.7. The summed E-state index contributed by atoms with van der Waals surface area (Å²) >= 11 is 0. The van der Waals surface area contributed by atoms with Gasteiger partial charge >= 0.3 is 0 Å². The van der Waals surface area contributed by atoms with Crippen molar-refractivity contribution in [3.8, 4) is 0 Å². The van der Waals surface area contributed by atoms with Gasteiger partial charge in [0.2, 0.25) is 0 Å². The molecule has 3 atom stereocenters. The summed E-state index contributed by atoms with van der Waals surface area (Å²) < 4.78 is 0. The average molecular weight is 295 g/mol. The number of ketones is 1. The molecule has 0 bridgehead atoms. The molecule has 0 radical (unpaired) electrons. The lowest BCUT2D eigenvalue weighted by molar-refractivity contribution is -0.900. The van der Waals surface area contributed by atoms with E-state index in [-0.39, 0.29) is 5.92 Å². The Labute approximate surface area is 131 Å². The summed E-state index contributed by atoms with van der Waals surface area (Å²) in [5, 5.41) is 1.36. The number of quaternary nitrogens is 1. The summed E-state index contributed by atoms with van der Waals surface area (Å²) in [6.45, 7) is 3.02. The van der Waals surface area contributed by atoms with Crippen molar-refractivity contribution in [2.75, 3.05) is 13.6 Å². The van der Waals surface area contributed by atoms with Gasteiger partial charge in [-0.25, -0.2) is 0 Å². The number of fused-ring (bicyclic) bond motifs is 2. The molecule has 114 valence electrons. The normalized spacial score (nSPS) is 26.6. The summed E-state index contributed by atoms with van der Waals surface area (Å²) in [7, 11) is 2.24. The van der Waals surface area contributed by atoms with Crippen molar-refractivity contribution in [2.24, 2.45) is 5.92 Å². The molecule has 1 unspecified atom stereocenters. The number of H-pyrrole nitrogens is 1. The molecule has 2 aromatic rings. The van der Waals surface area contributed by atoms with Gasteiger partial charge in [0.1, 0.15) is 11.8 Å². The van der Waals surface area contributed by atoms with Crippen LogP contribution in [0.3, 0.4) is 0 Å². The minimum atomic E-state index is 0.0851. The highest BCUT2D eigenvalue weighted by atomic mass is 16.1. The summed E-state index contributed by atoms with van der Waals surface area (Å²) in [5.41, 5.74) is 5.35. The topological polar surface area (TPSA) is 37.3 Å². The summed E-state index contributed by atoms with van der Waals surface area (Å²) in [6.07, 6.45) is 7.15. The molecule has 3 heteroatoms. The predicted molar refractivity (Wildman–Crippen MR) is 88.9 cm³/mol. The Bertz CT molecular complexity index is 771. The predicted octanol–water partition coefficient (Wildman–Crippen LogP) is 1.99. The highest BCUT2D eigenvalue weighted by Crippen LogP contribution is 2.37. The summed E-state index contributed by atoms with van der Waals surface area (Å²) in [6, 6.07) is 6.97. The molecular formula is C19H23N2O+. The van der Waals surface area contributed by atoms with E-state index in [1.54, 1.807) is 0 Å². The van der Waals surface area contributed by atoms with Crippen LogP contribution in [0, 0.1) is 5.92 Å². The number of carbonyl (C=O) groups excluding carboxylic acids is 1. The Kier molecular flexibility index (Phi) is 3.19. The highest BCUT2D eigenvalue weighted by molar-refractivity contribution is 5.99. The first-order valence-corrected chi connectivity index (χ1v) is 8.35. The van der Waals surface area contributed by atoms with Crippen molar-refractivity contribution in [3.63, 3.8) is 0 Å². The third-order valence-electron chi connectivity index (χ3n) is 5.33. The van der Waals surface area contributed by atoms with Gasteiger partial charge in [0.15, 0.2) is 0 Å². The molecule has 2 heterocycles. The van der Waals surface area contributed by atoms with E-state index in [4.69, 9.17) is 0 Å². The van der Waals surface area contributed by atoms with Crippen LogP contribution in [0.4, 0.5) is 0 Å². The smallest absolute Gasteiger partial charge is 0.145 e. The second kappa shape index (κ2) is 5.10. The van der Waals surface area contributed by atoms with Crippen molar-refractivity contribution < 1.29 is 9.69 Å². The van der Waals surface area contributed by atoms with Crippen LogP contribution >= 0.6 is 0 Å². The fraction of sp³-hybridized carbons (Fsp3) is 0.421. The van der Waals surface area contributed by atoms with Crippen molar-refractivity contribution in [1.29, 1.82) is 0 Å². The van der Waals surface area contributed by atoms with Crippen molar-refractivity contribution in [2.45, 2.75) is 32.2 Å². The van der Waals surface area contributed by atoms with Crippen LogP contribution in [0.2, 0.25) is 0 Å². The summed E-state index contributed by atoms with van der Waals surface area (Å²) in [4.78, 5) is 17.3. The van der Waals surface area contributed by atoms with Crippen LogP contribution in [-0.2, 0) is 11.2 Å². The van der Waals surface area contributed by atoms with Gasteiger partial charge in [-0.3, -0.25) is 4.79 Å². The van der Waals surface area contributed by atoms with Crippen LogP contribution in [0.15, 0.2) is 30.5 Å². The molecule has 1 aromatic carbocycles. The Balaban J connectivity index is 1.84. The second-order valence-corrected chi connectivity index (χ2v) is 6.79. The lowest BCUT2D eigenvalue weighted by atomic mass is 9.79. The Hall–Kier alpha value is -1.87. The average Bonchev–Trinajstić information content (AvgIpc) is 2.93. The largest absolute Gasteiger partial charge is 0.361 e. The third-order valence-corrected chi connectivity index (χ3v) is 5.33. The number of nitrogens with one attached hydrogen (secondary N) is 2. The van der Waals surface area contributed by atoms with Crippen molar-refractivity contribution in [1.82, 2.24) is 4.98 Å². The lowest BCUT2D eigenvalue weighted by Gasteiger charge is -2.36. The Morgan fingerprint density at radius 2 is 2.27 bits per heavy atom. The molecular weight excluding hydrogens is 272 g/mol. The summed E-state index contributed by atoms with van der Waals surface area (Å²) in [5.74, 6) is 0.488. The van der Waals surface area contributed by atoms with Gasteiger partial charge in [-0.1, -0.05) is 25.1 Å². The second-order valence-electron chi connectivity index (χ2n) is 6.79. The zero-order chi connectivity index (χ0) is 15.3. The van der Waals surface area contributed by atoms with Crippen LogP contribution in [0.5, 0.6) is 0 Å². The highest BCUT2D eigenvalue weighted by Gasteiger charge is 2.38. The first-order valence-electron chi connectivity index (χ1n) is 8.35. The van der Waals surface area contributed by atoms with Crippen LogP contribution < -0.4 is 4.90 Å². The molecule has 0 saturated heterocycles. The van der Waals surface area contributed by atoms with Gasteiger partial charge in [-0.15, -0.1) is 0 Å². The number of likely N-dealkylation sites (N-methyl/N-ethyl adjacent to an activating group) is 1. The molecule has 1 aliphatic carbocycles. The number of hydrogen-bond acceptors (Lipinski definition) is 1. The number of carbonyl (C=O) groups is 1. The number of aromatic nitrogens is 1. The lowest BCUT2D eigenvalue weighted by Crippen LogP contribution is -3.15. The number of benzene rings is 1. The maximum atomic E-state index is 12.4. The molecule has 1 aliphatic heterocycles. The van der Waals surface area contributed by atoms with E-state index in [0.717, 1.165) is 19.4 Å². The first kappa shape index (κ1) is 13.8. The van der Waals surface area contributed by atoms with Crippen molar-refractivity contribution in [3.05, 3.63) is 41.6 Å². The molecule has 0 saturated carbocycles. The maximum absolute atomic E-state index is 12.4. The standard InChI is InChI=1S/C19H22N2O/c1-3-5-18(22)13-8-15-14-6-4-7-16-19(14)12(10-20-16)9-17(15)21(2)11-13/h4,6-8,10,13,17,20H,3,5,9,11H2,1-2H3/p+1/t13-,17-/m1/s1. The fourth-order valence-electron chi connectivity index (χ4n) is 4.22. The van der Waals surface area contributed by atoms with E-state index >= 15 is 0 Å². The molecule has 1 aromatic heterocycles. The molecule has 0 amide bonds. The van der Waals surface area contributed by atoms with Crippen LogP contribution in [0.1, 0.15) is 30.9 Å². The van der Waals surface area contributed by atoms with E-state index in [0.29, 0.717) is 18.2 Å². The van der Waals surface area contributed by atoms with Gasteiger partial charge < -0.3 is 9.88 Å². The molecule has 0 fully saturated rings. The molecule has 22 heavy (non-hydrogen) atoms. The number of rotatable bonds is 3. The van der Waals surface area contributed by atoms with Gasteiger partial charge in [0, 0.05) is 35.5 Å². The van der Waals surface area contributed by atoms with E-state index in [1.165, 1.54) is 32.5 Å². The number of aromatic amines is 1. The van der Waals surface area contributed by atoms with E-state index in [9.17, 15) is 4.79 Å². The zero-order valence-corrected chi connectivity index (χ0v) is 13.3. The molecule has 2 N–H and O–H groups in total. The fourth-order valence-corrected chi connectivity index (χ4v) is 4.22. The quantitative estimate of drug-likeness (QED) is 0.893. The van der Waals surface area contributed by atoms with E-state index < -0.39 is 0 Å². The maximum Gasteiger partial charge on any atom is 0.145 e. The Morgan fingerprint density at radius 3 is 3.09 bits per heavy atom. The van der Waals surface area contributed by atoms with Crippen molar-refractivity contribution >= 4 is 22.3 Å². The molecule has 2 aliphatic rings. The number of hydrogen-bond donors (Lipinski definition) is 2. The molecule has 4 rings (SSSR count).